The van der Waals surface area contributed by atoms with Crippen molar-refractivity contribution in [1.29, 1.82) is 5.26 Å². The van der Waals surface area contributed by atoms with E-state index in [1.54, 1.807) is 24.3 Å². The van der Waals surface area contributed by atoms with Crippen LogP contribution in [0.3, 0.4) is 0 Å². The fourth-order valence-electron chi connectivity index (χ4n) is 3.77. The number of sulfone groups is 1. The van der Waals surface area contributed by atoms with Gasteiger partial charge >= 0.3 is 0 Å². The van der Waals surface area contributed by atoms with Crippen molar-refractivity contribution >= 4 is 37.8 Å². The molecule has 0 fully saturated rings. The number of nitriles is 1. The first-order valence-corrected chi connectivity index (χ1v) is 13.5. The summed E-state index contributed by atoms with van der Waals surface area (Å²) in [6.45, 7) is 3.75. The van der Waals surface area contributed by atoms with Gasteiger partial charge in [0.1, 0.15) is 10.7 Å². The summed E-state index contributed by atoms with van der Waals surface area (Å²) in [7, 11) is -0.274. The molecule has 0 bridgehead atoms. The highest BCUT2D eigenvalue weighted by Gasteiger charge is 2.25. The predicted octanol–water partition coefficient (Wildman–Crippen LogP) is 3.52. The topological polar surface area (TPSA) is 83.2 Å². The maximum Gasteiger partial charge on any atom is 0.273 e. The molecule has 0 aliphatic heterocycles. The third kappa shape index (κ3) is 4.76. The van der Waals surface area contributed by atoms with Crippen LogP contribution in [0.5, 0.6) is 0 Å². The van der Waals surface area contributed by atoms with Gasteiger partial charge in [-0.15, -0.1) is 11.3 Å². The van der Waals surface area contributed by atoms with E-state index in [2.05, 4.69) is 0 Å². The Morgan fingerprint density at radius 3 is 2.28 bits per heavy atom. The Hall–Kier alpha value is -3.93. The van der Waals surface area contributed by atoms with E-state index in [4.69, 9.17) is 0 Å². The highest BCUT2D eigenvalue weighted by Crippen LogP contribution is 2.20. The van der Waals surface area contributed by atoms with Gasteiger partial charge in [-0.2, -0.15) is 5.26 Å². The first-order chi connectivity index (χ1) is 17.1. The lowest BCUT2D eigenvalue weighted by Crippen LogP contribution is -2.32. The quantitative estimate of drug-likeness (QED) is 0.406. The van der Waals surface area contributed by atoms with Gasteiger partial charge in [0.05, 0.1) is 15.1 Å². The molecule has 0 aliphatic carbocycles. The molecule has 1 heterocycles. The first-order valence-electron chi connectivity index (χ1n) is 11.2. The minimum atomic E-state index is -4.16. The molecule has 8 heteroatoms. The average Bonchev–Trinajstić information content (AvgIpc) is 3.16. The van der Waals surface area contributed by atoms with E-state index < -0.39 is 14.7 Å². The number of hydrogen-bond donors (Lipinski definition) is 0. The minimum absolute atomic E-state index is 0.000262. The molecule has 0 spiro atoms. The number of aryl methyl sites for hydroxylation is 2. The third-order valence-corrected chi connectivity index (χ3v) is 8.69. The lowest BCUT2D eigenvalue weighted by Gasteiger charge is -2.11. The van der Waals surface area contributed by atoms with Crippen molar-refractivity contribution in [2.45, 2.75) is 18.7 Å². The zero-order valence-corrected chi connectivity index (χ0v) is 22.0. The van der Waals surface area contributed by atoms with E-state index in [9.17, 15) is 18.5 Å². The molecule has 182 valence electrons. The summed E-state index contributed by atoms with van der Waals surface area (Å²) in [5.74, 6) is 0. The molecule has 4 rings (SSSR count). The van der Waals surface area contributed by atoms with Gasteiger partial charge in [0.2, 0.25) is 9.84 Å². The van der Waals surface area contributed by atoms with Crippen molar-refractivity contribution in [3.8, 4) is 11.8 Å². The molecule has 6 nitrogen and oxygen atoms in total. The largest absolute Gasteiger partial charge is 0.378 e. The van der Waals surface area contributed by atoms with Crippen LogP contribution in [-0.2, 0) is 9.84 Å². The second-order valence-electron chi connectivity index (χ2n) is 8.59. The summed E-state index contributed by atoms with van der Waals surface area (Å²) >= 11 is 1.00. The van der Waals surface area contributed by atoms with E-state index >= 15 is 0 Å². The van der Waals surface area contributed by atoms with Gasteiger partial charge in [-0.05, 0) is 66.9 Å². The van der Waals surface area contributed by atoms with Crippen molar-refractivity contribution in [3.05, 3.63) is 109 Å². The molecular weight excluding hydrogens is 490 g/mol. The van der Waals surface area contributed by atoms with Gasteiger partial charge in [-0.3, -0.25) is 9.36 Å². The Kier molecular flexibility index (Phi) is 6.97. The lowest BCUT2D eigenvalue weighted by atomic mass is 10.1. The fraction of sp³-hybridized carbons (Fsp3) is 0.143. The molecule has 3 aromatic carbocycles. The monoisotopic (exact) mass is 515 g/mol. The average molecular weight is 516 g/mol. The number of rotatable bonds is 5. The molecule has 0 saturated heterocycles. The molecule has 1 aromatic heterocycles. The molecule has 0 amide bonds. The molecular formula is C28H25N3O3S2. The second-order valence-corrected chi connectivity index (χ2v) is 11.5. The van der Waals surface area contributed by atoms with Crippen molar-refractivity contribution < 1.29 is 8.42 Å². The van der Waals surface area contributed by atoms with Gasteiger partial charge in [0, 0.05) is 19.8 Å². The van der Waals surface area contributed by atoms with Gasteiger partial charge < -0.3 is 4.90 Å². The van der Waals surface area contributed by atoms with E-state index in [1.807, 2.05) is 81.4 Å². The molecule has 0 radical (unpaired) electrons. The summed E-state index contributed by atoms with van der Waals surface area (Å²) in [4.78, 5) is 15.2. The molecule has 36 heavy (non-hydrogen) atoms. The summed E-state index contributed by atoms with van der Waals surface area (Å²) in [6.07, 6.45) is 1.72. The highest BCUT2D eigenvalue weighted by molar-refractivity contribution is 8.00. The SMILES string of the molecule is Cc1ccc(C)c(-n2c(=O)/c(=C\c3ccc(N(C)C)cc3)s/c2=C(/C#N)S(=O)(=O)c2ccccc2)c1. The van der Waals surface area contributed by atoms with E-state index in [0.717, 1.165) is 33.7 Å². The second kappa shape index (κ2) is 9.97. The number of thiazole rings is 1. The summed E-state index contributed by atoms with van der Waals surface area (Å²) in [5.41, 5.74) is 3.68. The Balaban J connectivity index is 2.10. The number of hydrogen-bond acceptors (Lipinski definition) is 6. The first kappa shape index (κ1) is 25.2. The van der Waals surface area contributed by atoms with Crippen molar-refractivity contribution in [3.63, 3.8) is 0 Å². The van der Waals surface area contributed by atoms with Crippen LogP contribution in [-0.4, -0.2) is 27.1 Å². The smallest absolute Gasteiger partial charge is 0.273 e. The van der Waals surface area contributed by atoms with Gasteiger partial charge in [0.15, 0.2) is 4.91 Å². The predicted molar refractivity (Wildman–Crippen MR) is 146 cm³/mol. The van der Waals surface area contributed by atoms with Crippen LogP contribution in [0.25, 0.3) is 16.7 Å². The van der Waals surface area contributed by atoms with Crippen LogP contribution in [0, 0.1) is 25.2 Å². The van der Waals surface area contributed by atoms with Crippen molar-refractivity contribution in [2.24, 2.45) is 0 Å². The standard InChI is InChI=1S/C28H25N3O3S2/c1-19-10-11-20(2)24(16-19)31-27(32)25(17-21-12-14-22(15-13-21)30(3)4)35-28(31)26(18-29)36(33,34)23-8-6-5-7-9-23/h5-17H,1-4H3/b25-17+,28-26-. The van der Waals surface area contributed by atoms with Gasteiger partial charge in [0.25, 0.3) is 5.56 Å². The third-order valence-electron chi connectivity index (χ3n) is 5.75. The van der Waals surface area contributed by atoms with Crippen LogP contribution in [0.15, 0.2) is 82.5 Å². The van der Waals surface area contributed by atoms with Gasteiger partial charge in [-0.25, -0.2) is 8.42 Å². The maximum atomic E-state index is 13.7. The van der Waals surface area contributed by atoms with Crippen molar-refractivity contribution in [2.75, 3.05) is 19.0 Å². The zero-order valence-electron chi connectivity index (χ0n) is 20.4. The van der Waals surface area contributed by atoms with E-state index in [-0.39, 0.29) is 15.1 Å². The molecule has 4 aromatic rings. The Labute approximate surface area is 214 Å². The van der Waals surface area contributed by atoms with Crippen LogP contribution in [0.2, 0.25) is 0 Å². The van der Waals surface area contributed by atoms with E-state index in [1.165, 1.54) is 16.7 Å². The molecule has 0 saturated carbocycles. The van der Waals surface area contributed by atoms with Crippen LogP contribution in [0.4, 0.5) is 5.69 Å². The number of benzene rings is 3. The number of aromatic nitrogens is 1. The summed E-state index contributed by atoms with van der Waals surface area (Å²) < 4.78 is 28.8. The van der Waals surface area contributed by atoms with Crippen LogP contribution >= 0.6 is 11.3 Å². The summed E-state index contributed by atoms with van der Waals surface area (Å²) in [5, 5.41) is 10.1. The molecule has 0 N–H and O–H groups in total. The zero-order chi connectivity index (χ0) is 26.0. The lowest BCUT2D eigenvalue weighted by molar-refractivity contribution is 0.606. The molecule has 0 unspecified atom stereocenters. The maximum absolute atomic E-state index is 13.7. The highest BCUT2D eigenvalue weighted by atomic mass is 32.2. The Morgan fingerprint density at radius 2 is 1.67 bits per heavy atom. The minimum Gasteiger partial charge on any atom is -0.378 e. The normalized spacial score (nSPS) is 12.8. The van der Waals surface area contributed by atoms with Crippen LogP contribution < -0.4 is 19.7 Å². The molecule has 0 atom stereocenters. The van der Waals surface area contributed by atoms with Crippen LogP contribution in [0.1, 0.15) is 16.7 Å². The van der Waals surface area contributed by atoms with Crippen molar-refractivity contribution in [1.82, 2.24) is 4.57 Å². The van der Waals surface area contributed by atoms with Gasteiger partial charge in [-0.1, -0.05) is 42.5 Å². The summed E-state index contributed by atoms with van der Waals surface area (Å²) in [6, 6.07) is 23.0. The number of nitrogens with zero attached hydrogens (tertiary/aromatic N) is 3. The van der Waals surface area contributed by atoms with E-state index in [0.29, 0.717) is 10.2 Å². The fourth-order valence-corrected chi connectivity index (χ4v) is 6.41. The Morgan fingerprint density at radius 1 is 1.00 bits per heavy atom. The Bertz CT molecular complexity index is 1760. The molecule has 0 aliphatic rings. The number of anilines is 1.